The van der Waals surface area contributed by atoms with Crippen molar-refractivity contribution in [3.8, 4) is 5.75 Å². The van der Waals surface area contributed by atoms with Crippen LogP contribution in [0.2, 0.25) is 0 Å². The largest absolute Gasteiger partial charge is 0.495 e. The third kappa shape index (κ3) is 5.73. The van der Waals surface area contributed by atoms with Gasteiger partial charge in [-0.2, -0.15) is 0 Å². The van der Waals surface area contributed by atoms with Gasteiger partial charge in [0.25, 0.3) is 0 Å². The summed E-state index contributed by atoms with van der Waals surface area (Å²) in [5.74, 6) is 0.947. The highest BCUT2D eigenvalue weighted by atomic mass is 16.5. The standard InChI is InChI=1S/C16H26N2O3/c1-11(7-8-19)10-17-12(2)14-5-6-16(21-4)15(9-14)18-13(3)20/h5-6,9,11-12,17,19H,7-8,10H2,1-4H3,(H,18,20). The zero-order chi connectivity index (χ0) is 15.8. The summed E-state index contributed by atoms with van der Waals surface area (Å²) in [6.07, 6.45) is 0.791. The summed E-state index contributed by atoms with van der Waals surface area (Å²) < 4.78 is 5.25. The molecule has 1 aromatic carbocycles. The van der Waals surface area contributed by atoms with Crippen LogP contribution in [0.4, 0.5) is 5.69 Å². The van der Waals surface area contributed by atoms with Gasteiger partial charge >= 0.3 is 0 Å². The highest BCUT2D eigenvalue weighted by Crippen LogP contribution is 2.28. The molecule has 2 atom stereocenters. The monoisotopic (exact) mass is 294 g/mol. The Morgan fingerprint density at radius 2 is 2.10 bits per heavy atom. The maximum atomic E-state index is 11.2. The molecule has 0 aliphatic heterocycles. The second kappa shape index (κ2) is 8.64. The van der Waals surface area contributed by atoms with Crippen molar-refractivity contribution >= 4 is 11.6 Å². The van der Waals surface area contributed by atoms with Crippen molar-refractivity contribution in [2.45, 2.75) is 33.2 Å². The third-order valence-corrected chi connectivity index (χ3v) is 3.43. The van der Waals surface area contributed by atoms with Crippen molar-refractivity contribution in [2.75, 3.05) is 25.6 Å². The average Bonchev–Trinajstić information content (AvgIpc) is 2.44. The lowest BCUT2D eigenvalue weighted by Crippen LogP contribution is -2.25. The summed E-state index contributed by atoms with van der Waals surface area (Å²) in [6, 6.07) is 5.92. The molecule has 0 spiro atoms. The number of aliphatic hydroxyl groups excluding tert-OH is 1. The molecule has 0 radical (unpaired) electrons. The molecular formula is C16H26N2O3. The summed E-state index contributed by atoms with van der Waals surface area (Å²) in [5.41, 5.74) is 1.76. The van der Waals surface area contributed by atoms with Gasteiger partial charge in [0.2, 0.25) is 5.91 Å². The Morgan fingerprint density at radius 1 is 1.38 bits per heavy atom. The summed E-state index contributed by atoms with van der Waals surface area (Å²) in [7, 11) is 1.58. The van der Waals surface area contributed by atoms with Gasteiger partial charge in [-0.25, -0.2) is 0 Å². The molecule has 0 aromatic heterocycles. The average molecular weight is 294 g/mol. The molecule has 2 unspecified atom stereocenters. The summed E-state index contributed by atoms with van der Waals surface area (Å²) in [4.78, 5) is 11.2. The molecule has 0 heterocycles. The van der Waals surface area contributed by atoms with Crippen LogP contribution in [0, 0.1) is 5.92 Å². The lowest BCUT2D eigenvalue weighted by Gasteiger charge is -2.19. The van der Waals surface area contributed by atoms with Crippen LogP contribution in [0.1, 0.15) is 38.8 Å². The van der Waals surface area contributed by atoms with E-state index in [-0.39, 0.29) is 18.6 Å². The molecule has 0 aliphatic carbocycles. The number of amides is 1. The molecule has 5 nitrogen and oxygen atoms in total. The molecule has 1 aromatic rings. The van der Waals surface area contributed by atoms with E-state index in [1.54, 1.807) is 7.11 Å². The number of hydrogen-bond acceptors (Lipinski definition) is 4. The van der Waals surface area contributed by atoms with Crippen molar-refractivity contribution in [1.29, 1.82) is 0 Å². The number of carbonyl (C=O) groups is 1. The van der Waals surface area contributed by atoms with Crippen molar-refractivity contribution in [1.82, 2.24) is 5.32 Å². The molecule has 0 aliphatic rings. The Hall–Kier alpha value is -1.59. The van der Waals surface area contributed by atoms with E-state index in [1.165, 1.54) is 6.92 Å². The molecule has 0 bridgehead atoms. The smallest absolute Gasteiger partial charge is 0.221 e. The van der Waals surface area contributed by atoms with E-state index in [4.69, 9.17) is 9.84 Å². The first-order chi connectivity index (χ1) is 9.97. The van der Waals surface area contributed by atoms with Gasteiger partial charge in [-0.3, -0.25) is 4.79 Å². The summed E-state index contributed by atoms with van der Waals surface area (Å²) >= 11 is 0. The first kappa shape index (κ1) is 17.5. The van der Waals surface area contributed by atoms with E-state index in [2.05, 4.69) is 24.5 Å². The fraction of sp³-hybridized carbons (Fsp3) is 0.562. The molecule has 0 saturated heterocycles. The Kier molecular flexibility index (Phi) is 7.19. The highest BCUT2D eigenvalue weighted by molar-refractivity contribution is 5.90. The van der Waals surface area contributed by atoms with Crippen LogP contribution in [-0.2, 0) is 4.79 Å². The van der Waals surface area contributed by atoms with Crippen molar-refractivity contribution < 1.29 is 14.6 Å². The van der Waals surface area contributed by atoms with Crippen LogP contribution in [0.5, 0.6) is 5.75 Å². The van der Waals surface area contributed by atoms with Gasteiger partial charge in [-0.1, -0.05) is 13.0 Å². The normalized spacial score (nSPS) is 13.6. The fourth-order valence-corrected chi connectivity index (χ4v) is 2.10. The van der Waals surface area contributed by atoms with Gasteiger partial charge in [0.05, 0.1) is 12.8 Å². The zero-order valence-electron chi connectivity index (χ0n) is 13.3. The van der Waals surface area contributed by atoms with Gasteiger partial charge in [0.15, 0.2) is 0 Å². The summed E-state index contributed by atoms with van der Waals surface area (Å²) in [6.45, 7) is 6.71. The second-order valence-electron chi connectivity index (χ2n) is 5.39. The van der Waals surface area contributed by atoms with E-state index in [1.807, 2.05) is 18.2 Å². The van der Waals surface area contributed by atoms with Crippen LogP contribution in [0.15, 0.2) is 18.2 Å². The van der Waals surface area contributed by atoms with Crippen LogP contribution < -0.4 is 15.4 Å². The number of rotatable bonds is 8. The highest BCUT2D eigenvalue weighted by Gasteiger charge is 2.11. The Bertz CT molecular complexity index is 463. The Balaban J connectivity index is 2.75. The van der Waals surface area contributed by atoms with Gasteiger partial charge in [0.1, 0.15) is 5.75 Å². The van der Waals surface area contributed by atoms with E-state index in [0.717, 1.165) is 18.5 Å². The lowest BCUT2D eigenvalue weighted by atomic mass is 10.0. The quantitative estimate of drug-likeness (QED) is 0.688. The summed E-state index contributed by atoms with van der Waals surface area (Å²) in [5, 5.41) is 15.1. The second-order valence-corrected chi connectivity index (χ2v) is 5.39. The lowest BCUT2D eigenvalue weighted by molar-refractivity contribution is -0.114. The molecule has 118 valence electrons. The van der Waals surface area contributed by atoms with Crippen LogP contribution >= 0.6 is 0 Å². The number of nitrogens with one attached hydrogen (secondary N) is 2. The number of benzene rings is 1. The van der Waals surface area contributed by atoms with Crippen molar-refractivity contribution in [3.63, 3.8) is 0 Å². The Labute approximate surface area is 126 Å². The minimum Gasteiger partial charge on any atom is -0.495 e. The molecule has 1 rings (SSSR count). The van der Waals surface area contributed by atoms with E-state index >= 15 is 0 Å². The van der Waals surface area contributed by atoms with E-state index < -0.39 is 0 Å². The topological polar surface area (TPSA) is 70.6 Å². The van der Waals surface area contributed by atoms with Crippen LogP contribution in [-0.4, -0.2) is 31.3 Å². The van der Waals surface area contributed by atoms with Crippen LogP contribution in [0.3, 0.4) is 0 Å². The van der Waals surface area contributed by atoms with E-state index in [0.29, 0.717) is 17.4 Å². The van der Waals surface area contributed by atoms with Gasteiger partial charge in [0, 0.05) is 19.6 Å². The molecule has 0 fully saturated rings. The number of hydrogen-bond donors (Lipinski definition) is 3. The minimum absolute atomic E-state index is 0.123. The number of methoxy groups -OCH3 is 1. The molecule has 0 saturated carbocycles. The molecule has 3 N–H and O–H groups in total. The third-order valence-electron chi connectivity index (χ3n) is 3.43. The Morgan fingerprint density at radius 3 is 2.67 bits per heavy atom. The molecular weight excluding hydrogens is 268 g/mol. The maximum absolute atomic E-state index is 11.2. The zero-order valence-corrected chi connectivity index (χ0v) is 13.3. The van der Waals surface area contributed by atoms with Gasteiger partial charge in [-0.05, 0) is 43.5 Å². The van der Waals surface area contributed by atoms with E-state index in [9.17, 15) is 4.79 Å². The van der Waals surface area contributed by atoms with Crippen LogP contribution in [0.25, 0.3) is 0 Å². The van der Waals surface area contributed by atoms with Crippen molar-refractivity contribution in [3.05, 3.63) is 23.8 Å². The van der Waals surface area contributed by atoms with Crippen molar-refractivity contribution in [2.24, 2.45) is 5.92 Å². The first-order valence-electron chi connectivity index (χ1n) is 7.27. The van der Waals surface area contributed by atoms with Gasteiger partial charge in [-0.15, -0.1) is 0 Å². The molecule has 5 heteroatoms. The number of carbonyl (C=O) groups excluding carboxylic acids is 1. The SMILES string of the molecule is COc1ccc(C(C)NCC(C)CCO)cc1NC(C)=O. The first-order valence-corrected chi connectivity index (χ1v) is 7.27. The predicted molar refractivity (Wildman–Crippen MR) is 84.6 cm³/mol. The van der Waals surface area contributed by atoms with Gasteiger partial charge < -0.3 is 20.5 Å². The predicted octanol–water partition coefficient (Wildman–Crippen LogP) is 2.32. The number of anilines is 1. The number of ether oxygens (including phenoxy) is 1. The number of aliphatic hydroxyl groups is 1. The molecule has 21 heavy (non-hydrogen) atoms. The minimum atomic E-state index is -0.123. The molecule has 1 amide bonds. The fourth-order valence-electron chi connectivity index (χ4n) is 2.10. The maximum Gasteiger partial charge on any atom is 0.221 e.